The maximum absolute atomic E-state index is 12.7. The molecule has 5 nitrogen and oxygen atoms in total. The fraction of sp³-hybridized carbons (Fsp3) is 0.600. The number of nitrogens with two attached hydrogens (primary N) is 1. The molecule has 1 aliphatic heterocycles. The first kappa shape index (κ1) is 15.0. The van der Waals surface area contributed by atoms with Crippen LogP contribution in [0, 0.1) is 0 Å². The molecule has 1 aromatic carbocycles. The number of benzene rings is 1. The van der Waals surface area contributed by atoms with Crippen molar-refractivity contribution in [1.29, 1.82) is 0 Å². The van der Waals surface area contributed by atoms with Crippen molar-refractivity contribution in [2.45, 2.75) is 50.7 Å². The molecule has 1 aliphatic carbocycles. The van der Waals surface area contributed by atoms with Gasteiger partial charge in [0.05, 0.1) is 6.04 Å². The zero-order valence-electron chi connectivity index (χ0n) is 12.3. The van der Waals surface area contributed by atoms with E-state index in [0.29, 0.717) is 6.54 Å². The van der Waals surface area contributed by atoms with E-state index in [-0.39, 0.29) is 18.1 Å². The summed E-state index contributed by atoms with van der Waals surface area (Å²) in [4.78, 5) is 0. The Balaban J connectivity index is 1.82. The fourth-order valence-corrected chi connectivity index (χ4v) is 5.14. The van der Waals surface area contributed by atoms with E-state index in [1.54, 1.807) is 4.31 Å². The summed E-state index contributed by atoms with van der Waals surface area (Å²) in [5.74, 6) is 0. The quantitative estimate of drug-likeness (QED) is 0.884. The molecule has 2 aliphatic rings. The lowest BCUT2D eigenvalue weighted by Crippen LogP contribution is -2.50. The Morgan fingerprint density at radius 1 is 1.29 bits per heavy atom. The van der Waals surface area contributed by atoms with Crippen LogP contribution in [-0.4, -0.2) is 31.4 Å². The Morgan fingerprint density at radius 3 is 2.81 bits per heavy atom. The first-order chi connectivity index (χ1) is 9.99. The minimum Gasteiger partial charge on any atom is -0.326 e. The lowest BCUT2D eigenvalue weighted by molar-refractivity contribution is 0.263. The van der Waals surface area contributed by atoms with Gasteiger partial charge >= 0.3 is 0 Å². The van der Waals surface area contributed by atoms with E-state index in [2.05, 4.69) is 4.72 Å². The summed E-state index contributed by atoms with van der Waals surface area (Å²) in [6, 6.07) is 7.43. The molecule has 3 unspecified atom stereocenters. The Kier molecular flexibility index (Phi) is 4.05. The number of fused-ring (bicyclic) bond motifs is 1. The molecule has 21 heavy (non-hydrogen) atoms. The smallest absolute Gasteiger partial charge is 0.280 e. The van der Waals surface area contributed by atoms with Gasteiger partial charge < -0.3 is 5.73 Å². The summed E-state index contributed by atoms with van der Waals surface area (Å²) >= 11 is 0. The number of hydrogen-bond donors (Lipinski definition) is 2. The zero-order chi connectivity index (χ0) is 15.0. The van der Waals surface area contributed by atoms with Gasteiger partial charge in [-0.3, -0.25) is 0 Å². The molecule has 1 heterocycles. The van der Waals surface area contributed by atoms with E-state index in [0.717, 1.165) is 36.8 Å². The second kappa shape index (κ2) is 5.68. The fourth-order valence-electron chi connectivity index (χ4n) is 3.43. The van der Waals surface area contributed by atoms with Crippen LogP contribution in [0.2, 0.25) is 0 Å². The largest absolute Gasteiger partial charge is 0.326 e. The van der Waals surface area contributed by atoms with Gasteiger partial charge in [0.1, 0.15) is 0 Å². The van der Waals surface area contributed by atoms with E-state index < -0.39 is 10.2 Å². The van der Waals surface area contributed by atoms with E-state index in [1.165, 1.54) is 0 Å². The number of hydrogen-bond acceptors (Lipinski definition) is 3. The third-order valence-electron chi connectivity index (χ3n) is 4.60. The van der Waals surface area contributed by atoms with Crippen LogP contribution < -0.4 is 10.5 Å². The highest BCUT2D eigenvalue weighted by atomic mass is 32.2. The van der Waals surface area contributed by atoms with Crippen molar-refractivity contribution in [2.75, 3.05) is 6.54 Å². The monoisotopic (exact) mass is 309 g/mol. The molecule has 3 atom stereocenters. The van der Waals surface area contributed by atoms with Crippen LogP contribution in [0.25, 0.3) is 0 Å². The van der Waals surface area contributed by atoms with Crippen molar-refractivity contribution in [3.63, 3.8) is 0 Å². The molecule has 0 saturated carbocycles. The van der Waals surface area contributed by atoms with Crippen LogP contribution in [-0.2, 0) is 16.6 Å². The number of nitrogens with one attached hydrogen (secondary N) is 1. The van der Waals surface area contributed by atoms with Crippen LogP contribution >= 0.6 is 0 Å². The summed E-state index contributed by atoms with van der Waals surface area (Å²) in [6.45, 7) is 2.57. The summed E-state index contributed by atoms with van der Waals surface area (Å²) in [5.41, 5.74) is 8.31. The van der Waals surface area contributed by atoms with Crippen LogP contribution in [0.5, 0.6) is 0 Å². The summed E-state index contributed by atoms with van der Waals surface area (Å²) < 4.78 is 29.8. The van der Waals surface area contributed by atoms with Crippen molar-refractivity contribution >= 4 is 10.2 Å². The second-order valence-corrected chi connectivity index (χ2v) is 7.78. The number of nitrogens with zero attached hydrogens (tertiary/aromatic N) is 1. The van der Waals surface area contributed by atoms with E-state index in [9.17, 15) is 8.42 Å². The molecule has 3 N–H and O–H groups in total. The average molecular weight is 309 g/mol. The maximum Gasteiger partial charge on any atom is 0.280 e. The van der Waals surface area contributed by atoms with Gasteiger partial charge in [0.2, 0.25) is 0 Å². The lowest BCUT2D eigenvalue weighted by atomic mass is 10.1. The van der Waals surface area contributed by atoms with Gasteiger partial charge in [0.25, 0.3) is 10.2 Å². The summed E-state index contributed by atoms with van der Waals surface area (Å²) in [6.07, 6.45) is 3.67. The van der Waals surface area contributed by atoms with Crippen molar-refractivity contribution in [3.05, 3.63) is 35.4 Å². The number of piperidine rings is 1. The molecule has 1 aromatic rings. The number of rotatable bonds is 3. The minimum atomic E-state index is -3.49. The first-order valence-electron chi connectivity index (χ1n) is 7.61. The average Bonchev–Trinajstić information content (AvgIpc) is 2.75. The Morgan fingerprint density at radius 2 is 2.05 bits per heavy atom. The maximum atomic E-state index is 12.7. The van der Waals surface area contributed by atoms with Gasteiger partial charge in [0.15, 0.2) is 0 Å². The first-order valence-corrected chi connectivity index (χ1v) is 9.05. The van der Waals surface area contributed by atoms with Crippen LogP contribution in [0.3, 0.4) is 0 Å². The van der Waals surface area contributed by atoms with Crippen molar-refractivity contribution < 1.29 is 8.42 Å². The second-order valence-electron chi connectivity index (χ2n) is 6.12. The van der Waals surface area contributed by atoms with Crippen molar-refractivity contribution in [3.8, 4) is 0 Å². The van der Waals surface area contributed by atoms with Gasteiger partial charge in [-0.15, -0.1) is 0 Å². The lowest BCUT2D eigenvalue weighted by Gasteiger charge is -2.33. The highest BCUT2D eigenvalue weighted by Gasteiger charge is 2.36. The third kappa shape index (κ3) is 2.85. The normalized spacial score (nSPS) is 30.3. The van der Waals surface area contributed by atoms with Crippen LogP contribution in [0.1, 0.15) is 43.4 Å². The van der Waals surface area contributed by atoms with E-state index in [4.69, 9.17) is 5.73 Å². The molecule has 6 heteroatoms. The highest BCUT2D eigenvalue weighted by molar-refractivity contribution is 7.87. The molecule has 116 valence electrons. The minimum absolute atomic E-state index is 0.0594. The third-order valence-corrected chi connectivity index (χ3v) is 6.31. The molecule has 0 amide bonds. The van der Waals surface area contributed by atoms with Gasteiger partial charge in [0, 0.05) is 18.6 Å². The molecule has 1 saturated heterocycles. The zero-order valence-corrected chi connectivity index (χ0v) is 13.1. The Labute approximate surface area is 126 Å². The summed E-state index contributed by atoms with van der Waals surface area (Å²) in [5, 5.41) is 0. The molecule has 0 bridgehead atoms. The molecular weight excluding hydrogens is 286 g/mol. The van der Waals surface area contributed by atoms with Crippen molar-refractivity contribution in [1.82, 2.24) is 9.03 Å². The van der Waals surface area contributed by atoms with Gasteiger partial charge in [-0.1, -0.05) is 30.7 Å². The van der Waals surface area contributed by atoms with E-state index >= 15 is 0 Å². The van der Waals surface area contributed by atoms with Crippen molar-refractivity contribution in [2.24, 2.45) is 5.73 Å². The molecule has 0 radical (unpaired) electrons. The van der Waals surface area contributed by atoms with Gasteiger partial charge in [-0.25, -0.2) is 0 Å². The summed E-state index contributed by atoms with van der Waals surface area (Å²) in [7, 11) is -3.49. The standard InChI is InChI=1S/C15H23N3O2S/c1-11-6-4-5-9-18(11)21(19,20)17-15-13-8-3-2-7-12(13)10-14(15)16/h2-3,7-8,11,14-15,17H,4-6,9-10,16H2,1H3. The molecule has 0 aromatic heterocycles. The molecule has 3 rings (SSSR count). The predicted octanol–water partition coefficient (Wildman–Crippen LogP) is 1.32. The van der Waals surface area contributed by atoms with Gasteiger partial charge in [-0.05, 0) is 37.3 Å². The highest BCUT2D eigenvalue weighted by Crippen LogP contribution is 2.31. The topological polar surface area (TPSA) is 75.4 Å². The van der Waals surface area contributed by atoms with E-state index in [1.807, 2.05) is 31.2 Å². The molecule has 1 fully saturated rings. The Bertz CT molecular complexity index is 617. The van der Waals surface area contributed by atoms with Gasteiger partial charge in [-0.2, -0.15) is 17.4 Å². The van der Waals surface area contributed by atoms with Crippen LogP contribution in [0.4, 0.5) is 0 Å². The molecular formula is C15H23N3O2S. The Hall–Kier alpha value is -0.950. The molecule has 0 spiro atoms. The SMILES string of the molecule is CC1CCCCN1S(=O)(=O)NC1c2ccccc2CC1N. The predicted molar refractivity (Wildman–Crippen MR) is 82.9 cm³/mol. The van der Waals surface area contributed by atoms with Crippen LogP contribution in [0.15, 0.2) is 24.3 Å².